The fraction of sp³-hybridized carbons (Fsp3) is 0.476. The molecule has 0 unspecified atom stereocenters. The van der Waals surface area contributed by atoms with E-state index in [4.69, 9.17) is 4.52 Å². The van der Waals surface area contributed by atoms with Gasteiger partial charge >= 0.3 is 0 Å². The SMILES string of the molecule is Cc1noc(C)c1S(=O)(=O)N1CCC[C@H](C(=O)Nc2ccccc2N2CCCC2=O)C1. The molecule has 0 spiro atoms. The molecule has 2 saturated heterocycles. The molecule has 1 atom stereocenters. The van der Waals surface area contributed by atoms with Crippen LogP contribution in [-0.2, 0) is 19.6 Å². The van der Waals surface area contributed by atoms with Gasteiger partial charge in [-0.3, -0.25) is 9.59 Å². The maximum absolute atomic E-state index is 13.1. The smallest absolute Gasteiger partial charge is 0.248 e. The van der Waals surface area contributed by atoms with Gasteiger partial charge in [0, 0.05) is 26.1 Å². The van der Waals surface area contributed by atoms with Crippen molar-refractivity contribution in [1.29, 1.82) is 0 Å². The summed E-state index contributed by atoms with van der Waals surface area (Å²) in [5.74, 6) is -0.464. The third-order valence-corrected chi connectivity index (χ3v) is 7.96. The summed E-state index contributed by atoms with van der Waals surface area (Å²) in [6, 6.07) is 7.21. The summed E-state index contributed by atoms with van der Waals surface area (Å²) in [7, 11) is -3.80. The van der Waals surface area contributed by atoms with E-state index in [-0.39, 0.29) is 29.0 Å². The Morgan fingerprint density at radius 2 is 1.97 bits per heavy atom. The van der Waals surface area contributed by atoms with Gasteiger partial charge < -0.3 is 14.7 Å². The first kappa shape index (κ1) is 21.5. The van der Waals surface area contributed by atoms with Crippen molar-refractivity contribution in [2.75, 3.05) is 29.9 Å². The van der Waals surface area contributed by atoms with Gasteiger partial charge in [0.25, 0.3) is 0 Å². The Kier molecular flexibility index (Phi) is 5.85. The molecule has 0 saturated carbocycles. The molecule has 1 aromatic heterocycles. The van der Waals surface area contributed by atoms with E-state index < -0.39 is 15.9 Å². The number of rotatable bonds is 5. The topological polar surface area (TPSA) is 113 Å². The Bertz CT molecular complexity index is 1090. The number of sulfonamides is 1. The number of aryl methyl sites for hydroxylation is 2. The third kappa shape index (κ3) is 4.09. The zero-order chi connectivity index (χ0) is 22.2. The second-order valence-corrected chi connectivity index (χ2v) is 9.89. The highest BCUT2D eigenvalue weighted by Gasteiger charge is 2.36. The molecule has 4 rings (SSSR count). The van der Waals surface area contributed by atoms with Crippen LogP contribution in [0.4, 0.5) is 11.4 Å². The number of amides is 2. The van der Waals surface area contributed by atoms with Crippen molar-refractivity contribution in [3.05, 3.63) is 35.7 Å². The Morgan fingerprint density at radius 1 is 1.19 bits per heavy atom. The van der Waals surface area contributed by atoms with Crippen LogP contribution in [0.1, 0.15) is 37.1 Å². The van der Waals surface area contributed by atoms with Crippen LogP contribution in [0, 0.1) is 19.8 Å². The number of para-hydroxylation sites is 2. The van der Waals surface area contributed by atoms with Gasteiger partial charge in [0.1, 0.15) is 10.6 Å². The van der Waals surface area contributed by atoms with E-state index in [1.54, 1.807) is 30.9 Å². The molecule has 0 aliphatic carbocycles. The monoisotopic (exact) mass is 446 g/mol. The van der Waals surface area contributed by atoms with Crippen LogP contribution >= 0.6 is 0 Å². The molecule has 2 amide bonds. The second kappa shape index (κ2) is 8.43. The number of hydrogen-bond acceptors (Lipinski definition) is 6. The highest BCUT2D eigenvalue weighted by molar-refractivity contribution is 7.89. The van der Waals surface area contributed by atoms with E-state index in [9.17, 15) is 18.0 Å². The molecule has 0 bridgehead atoms. The Morgan fingerprint density at radius 3 is 2.65 bits per heavy atom. The van der Waals surface area contributed by atoms with Gasteiger partial charge in [0.15, 0.2) is 5.76 Å². The van der Waals surface area contributed by atoms with Gasteiger partial charge in [0.2, 0.25) is 21.8 Å². The Balaban J connectivity index is 1.51. The largest absolute Gasteiger partial charge is 0.360 e. The second-order valence-electron chi connectivity index (χ2n) is 8.01. The van der Waals surface area contributed by atoms with Gasteiger partial charge in [-0.25, -0.2) is 8.42 Å². The Labute approximate surface area is 181 Å². The molecule has 166 valence electrons. The molecule has 2 aliphatic heterocycles. The fourth-order valence-electron chi connectivity index (χ4n) is 4.30. The van der Waals surface area contributed by atoms with Gasteiger partial charge in [-0.2, -0.15) is 4.31 Å². The van der Waals surface area contributed by atoms with Crippen LogP contribution in [0.25, 0.3) is 0 Å². The number of nitrogens with zero attached hydrogens (tertiary/aromatic N) is 3. The maximum Gasteiger partial charge on any atom is 0.248 e. The van der Waals surface area contributed by atoms with E-state index in [2.05, 4.69) is 10.5 Å². The first-order valence-electron chi connectivity index (χ1n) is 10.4. The molecule has 2 aromatic rings. The number of hydrogen-bond donors (Lipinski definition) is 1. The average Bonchev–Trinajstić information content (AvgIpc) is 3.33. The first-order valence-corrected chi connectivity index (χ1v) is 11.9. The van der Waals surface area contributed by atoms with Gasteiger partial charge in [-0.05, 0) is 45.2 Å². The zero-order valence-electron chi connectivity index (χ0n) is 17.6. The molecule has 2 aliphatic rings. The third-order valence-electron chi connectivity index (χ3n) is 5.85. The van der Waals surface area contributed by atoms with Crippen LogP contribution < -0.4 is 10.2 Å². The summed E-state index contributed by atoms with van der Waals surface area (Å²) in [5.41, 5.74) is 1.55. The van der Waals surface area contributed by atoms with Crippen LogP contribution in [0.15, 0.2) is 33.7 Å². The molecular formula is C21H26N4O5S. The van der Waals surface area contributed by atoms with Gasteiger partial charge in [-0.15, -0.1) is 0 Å². The maximum atomic E-state index is 13.1. The predicted molar refractivity (Wildman–Crippen MR) is 114 cm³/mol. The lowest BCUT2D eigenvalue weighted by Crippen LogP contribution is -2.44. The summed E-state index contributed by atoms with van der Waals surface area (Å²) in [4.78, 5) is 27.0. The molecule has 10 heteroatoms. The minimum atomic E-state index is -3.80. The molecule has 0 radical (unpaired) electrons. The molecule has 1 aromatic carbocycles. The lowest BCUT2D eigenvalue weighted by Gasteiger charge is -2.31. The van der Waals surface area contributed by atoms with E-state index in [0.717, 1.165) is 6.42 Å². The summed E-state index contributed by atoms with van der Waals surface area (Å²) in [6.45, 7) is 4.21. The number of anilines is 2. The molecule has 31 heavy (non-hydrogen) atoms. The normalized spacial score (nSPS) is 20.3. The van der Waals surface area contributed by atoms with Crippen molar-refractivity contribution in [3.63, 3.8) is 0 Å². The minimum Gasteiger partial charge on any atom is -0.360 e. The number of nitrogens with one attached hydrogen (secondary N) is 1. The van der Waals surface area contributed by atoms with E-state index in [0.29, 0.717) is 49.4 Å². The zero-order valence-corrected chi connectivity index (χ0v) is 18.4. The van der Waals surface area contributed by atoms with E-state index in [1.807, 2.05) is 12.1 Å². The van der Waals surface area contributed by atoms with Crippen molar-refractivity contribution in [2.45, 2.75) is 44.4 Å². The fourth-order valence-corrected chi connectivity index (χ4v) is 6.11. The summed E-state index contributed by atoms with van der Waals surface area (Å²) >= 11 is 0. The van der Waals surface area contributed by atoms with Gasteiger partial charge in [0.05, 0.1) is 17.3 Å². The molecule has 2 fully saturated rings. The molecule has 3 heterocycles. The van der Waals surface area contributed by atoms with Crippen LogP contribution in [0.2, 0.25) is 0 Å². The van der Waals surface area contributed by atoms with Crippen LogP contribution in [0.3, 0.4) is 0 Å². The number of aromatic nitrogens is 1. The average molecular weight is 447 g/mol. The van der Waals surface area contributed by atoms with Crippen LogP contribution in [0.5, 0.6) is 0 Å². The number of piperidine rings is 1. The molecule has 1 N–H and O–H groups in total. The van der Waals surface area contributed by atoms with Crippen LogP contribution in [-0.4, -0.2) is 49.3 Å². The summed E-state index contributed by atoms with van der Waals surface area (Å²) < 4.78 is 32.6. The first-order chi connectivity index (χ1) is 14.8. The van der Waals surface area contributed by atoms with E-state index >= 15 is 0 Å². The lowest BCUT2D eigenvalue weighted by atomic mass is 9.98. The van der Waals surface area contributed by atoms with Crippen molar-refractivity contribution in [2.24, 2.45) is 5.92 Å². The minimum absolute atomic E-state index is 0.0381. The Hall–Kier alpha value is -2.72. The lowest BCUT2D eigenvalue weighted by molar-refractivity contribution is -0.121. The highest BCUT2D eigenvalue weighted by atomic mass is 32.2. The summed E-state index contributed by atoms with van der Waals surface area (Å²) in [6.07, 6.45) is 2.45. The molecule has 9 nitrogen and oxygen atoms in total. The number of carbonyl (C=O) groups is 2. The standard InChI is InChI=1S/C21H26N4O5S/c1-14-20(15(2)30-23-14)31(28,29)24-11-5-7-16(13-24)21(27)22-17-8-3-4-9-18(17)25-12-6-10-19(25)26/h3-4,8-9,16H,5-7,10-13H2,1-2H3,(H,22,27)/t16-/m0/s1. The van der Waals surface area contributed by atoms with Crippen molar-refractivity contribution >= 4 is 33.2 Å². The van der Waals surface area contributed by atoms with Crippen molar-refractivity contribution in [3.8, 4) is 0 Å². The van der Waals surface area contributed by atoms with E-state index in [1.165, 1.54) is 4.31 Å². The summed E-state index contributed by atoms with van der Waals surface area (Å²) in [5, 5.41) is 6.67. The number of benzene rings is 1. The van der Waals surface area contributed by atoms with Crippen molar-refractivity contribution in [1.82, 2.24) is 9.46 Å². The van der Waals surface area contributed by atoms with Crippen molar-refractivity contribution < 1.29 is 22.5 Å². The quantitative estimate of drug-likeness (QED) is 0.755. The predicted octanol–water partition coefficient (Wildman–Crippen LogP) is 2.46. The number of carbonyl (C=O) groups excluding carboxylic acids is 2. The molecular weight excluding hydrogens is 420 g/mol. The highest BCUT2D eigenvalue weighted by Crippen LogP contribution is 2.31. The van der Waals surface area contributed by atoms with Gasteiger partial charge in [-0.1, -0.05) is 17.3 Å².